The van der Waals surface area contributed by atoms with Gasteiger partial charge < -0.3 is 60.9 Å². The summed E-state index contributed by atoms with van der Waals surface area (Å²) < 4.78 is 55.1. The van der Waals surface area contributed by atoms with Crippen LogP contribution in [0.2, 0.25) is 0 Å². The van der Waals surface area contributed by atoms with Gasteiger partial charge in [-0.3, -0.25) is 29.5 Å². The molecule has 1 aliphatic rings. The molecule has 31 heteroatoms. The third-order valence-corrected chi connectivity index (χ3v) is 20.8. The van der Waals surface area contributed by atoms with Crippen molar-refractivity contribution in [3.8, 4) is 115 Å². The van der Waals surface area contributed by atoms with Gasteiger partial charge in [-0.15, -0.1) is 0 Å². The van der Waals surface area contributed by atoms with Crippen molar-refractivity contribution in [2.75, 3.05) is 46.8 Å². The van der Waals surface area contributed by atoms with Gasteiger partial charge in [-0.05, 0) is 216 Å². The van der Waals surface area contributed by atoms with Crippen LogP contribution < -0.4 is 43.2 Å². The van der Waals surface area contributed by atoms with Crippen LogP contribution in [-0.4, -0.2) is 85.3 Å². The molecule has 0 fully saturated rings. The number of amides is 2. The number of aryl methyl sites for hydroxylation is 7. The Bertz CT molecular complexity index is 7500. The summed E-state index contributed by atoms with van der Waals surface area (Å²) in [5.41, 5.74) is 39.4. The molecule has 13 heterocycles. The number of hydrogen-bond donors (Lipinski definition) is 6. The van der Waals surface area contributed by atoms with Crippen molar-refractivity contribution in [1.29, 1.82) is 15.8 Å². The van der Waals surface area contributed by atoms with Crippen molar-refractivity contribution in [3.05, 3.63) is 316 Å². The number of anilines is 6. The number of carbonyl (C=O) groups excluding carboxylic acids is 2. The normalized spacial score (nSPS) is 11.4. The lowest BCUT2D eigenvalue weighted by Crippen LogP contribution is -2.37. The number of carbonyl (C=O) groups is 2. The number of nitrogens with two attached hydrogens (primary N) is 4. The van der Waals surface area contributed by atoms with Crippen molar-refractivity contribution >= 4 is 79.2 Å². The number of rotatable bonds is 17. The molecule has 12 aromatic heterocycles. The number of hydrogen-bond acceptors (Lipinski definition) is 27. The fourth-order valence-electron chi connectivity index (χ4n) is 14.5. The van der Waals surface area contributed by atoms with Crippen LogP contribution in [0, 0.1) is 80.2 Å². The predicted molar refractivity (Wildman–Crippen MR) is 484 cm³/mol. The number of nitriles is 3. The van der Waals surface area contributed by atoms with Gasteiger partial charge in [-0.25, -0.2) is 48.7 Å². The second kappa shape index (κ2) is 37.1. The van der Waals surface area contributed by atoms with Crippen LogP contribution in [0.4, 0.5) is 43.4 Å². The maximum atomic E-state index is 13.3. The molecule has 634 valence electrons. The summed E-state index contributed by atoms with van der Waals surface area (Å²) in [4.78, 5) is 80.7. The van der Waals surface area contributed by atoms with Gasteiger partial charge in [0.2, 0.25) is 5.91 Å². The number of ether oxygens (including phenoxy) is 1. The van der Waals surface area contributed by atoms with Gasteiger partial charge in [-0.2, -0.15) is 15.8 Å². The predicted octanol–water partition coefficient (Wildman–Crippen LogP) is 18.1. The smallest absolute Gasteiger partial charge is 0.274 e. The Labute approximate surface area is 735 Å². The molecule has 129 heavy (non-hydrogen) atoms. The minimum Gasteiger partial charge on any atom is -0.496 e. The Balaban J connectivity index is 0.000000127. The van der Waals surface area contributed by atoms with Crippen molar-refractivity contribution in [1.82, 2.24) is 65.1 Å². The SMILES string of the molecule is COc1ccnc2ccc(-c3nc(C#N)c(N)nc3-c3ccc(C)o3)cc12.Cc1ccc(-c2nc(N)c(C#N)nc2-c2ccc3c(c2)N(Cc2ccc(F)cc2)CC(=O)N3)o1.Cc1ccc(-c2nc(N)c(C#N)nc2-c2ccc3nccc(CCc4ccc(F)cc4)c3c2)o1.Cc1cccc(CNC(=O)c2nc(-c3ccc4ncccc4c3)c(-c3ccc(C)o3)nc2N)n1. The lowest BCUT2D eigenvalue weighted by Gasteiger charge is -2.31. The first-order valence-corrected chi connectivity index (χ1v) is 40.2. The van der Waals surface area contributed by atoms with E-state index in [-0.39, 0.29) is 76.7 Å². The van der Waals surface area contributed by atoms with Crippen LogP contribution in [0.3, 0.4) is 0 Å². The van der Waals surface area contributed by atoms with Gasteiger partial charge in [0.15, 0.2) is 69.1 Å². The van der Waals surface area contributed by atoms with E-state index in [0.29, 0.717) is 97.9 Å². The summed E-state index contributed by atoms with van der Waals surface area (Å²) in [6, 6.07) is 69.1. The molecule has 29 nitrogen and oxygen atoms in total. The minimum atomic E-state index is -0.431. The Morgan fingerprint density at radius 1 is 0.465 bits per heavy atom. The van der Waals surface area contributed by atoms with Crippen molar-refractivity contribution < 1.29 is 40.8 Å². The Morgan fingerprint density at radius 3 is 1.44 bits per heavy atom. The third kappa shape index (κ3) is 18.9. The lowest BCUT2D eigenvalue weighted by molar-refractivity contribution is -0.115. The molecule has 10 N–H and O–H groups in total. The molecular weight excluding hydrogens is 1640 g/mol. The number of aromatic nitrogens is 12. The standard InChI is InChI=1S/C27H20FN5O.C26H22N6O2.C25H19FN6O2.C20H15N5O2/c1-16-2-11-24(34-16)26-25(32-23(15-29)27(30)33-26)19-7-10-22-21(14-19)18(12-13-31-22)6-3-17-4-8-20(28)9-5-17;1-15-5-3-7-19(30-15)14-29-26(33)24-25(27)32-23(21-11-8-16(2)34-21)22(31-24)18-9-10-20-17(13-18)6-4-12-28-20;1-14-2-9-21(34-14)24-23(30-19(11-27)25(28)31-24)16-5-8-18-20(10-16)32(13-22(33)29-18)12-15-3-6-17(26)7-4-15;1-11-3-6-17(27-11)19-18(24-15(10-21)20(22)25-19)12-4-5-14-13(9-12)16(26-2)7-8-23-14/h2,4-5,7-14H,3,6H2,1H3,(H2,30,33);3-13H,14H2,1-2H3,(H2,27,32)(H,29,33);2-10H,12-13H2,1H3,(H2,28,31)(H,29,33);3-9H,1-2H3,(H2,22,25). The maximum absolute atomic E-state index is 13.3. The number of methoxy groups -OCH3 is 1. The molecule has 0 unspecified atom stereocenters. The summed E-state index contributed by atoms with van der Waals surface area (Å²) in [5, 5.41) is 36.7. The average molecular weight is 1710 g/mol. The summed E-state index contributed by atoms with van der Waals surface area (Å²) in [5.74, 6) is 4.66. The van der Waals surface area contributed by atoms with Crippen LogP contribution in [0.1, 0.15) is 78.7 Å². The van der Waals surface area contributed by atoms with E-state index in [9.17, 15) is 34.2 Å². The minimum absolute atomic E-state index is 0.0104. The molecule has 0 spiro atoms. The van der Waals surface area contributed by atoms with Crippen molar-refractivity contribution in [3.63, 3.8) is 0 Å². The topological polar surface area (TPSA) is 453 Å². The highest BCUT2D eigenvalue weighted by Crippen LogP contribution is 2.42. The number of benzene rings is 6. The van der Waals surface area contributed by atoms with Crippen molar-refractivity contribution in [2.24, 2.45) is 0 Å². The highest BCUT2D eigenvalue weighted by molar-refractivity contribution is 6.03. The van der Waals surface area contributed by atoms with Gasteiger partial charge in [-0.1, -0.05) is 60.7 Å². The molecule has 1 aliphatic heterocycles. The van der Waals surface area contributed by atoms with E-state index in [1.807, 2.05) is 191 Å². The van der Waals surface area contributed by atoms with E-state index in [0.717, 1.165) is 113 Å². The molecule has 18 aromatic rings. The Kier molecular flexibility index (Phi) is 24.4. The van der Waals surface area contributed by atoms with Crippen LogP contribution in [-0.2, 0) is 30.7 Å². The van der Waals surface area contributed by atoms with E-state index < -0.39 is 5.91 Å². The number of fused-ring (bicyclic) bond motifs is 4. The van der Waals surface area contributed by atoms with Gasteiger partial charge in [0.25, 0.3) is 5.91 Å². The Hall–Kier alpha value is -17.8. The molecule has 0 radical (unpaired) electrons. The Morgan fingerprint density at radius 2 is 0.930 bits per heavy atom. The van der Waals surface area contributed by atoms with Gasteiger partial charge in [0.05, 0.1) is 53.8 Å². The van der Waals surface area contributed by atoms with Crippen LogP contribution in [0.15, 0.2) is 249 Å². The molecule has 0 atom stereocenters. The fourth-order valence-corrected chi connectivity index (χ4v) is 14.5. The molecular formula is C98H76F2N22O7. The third-order valence-electron chi connectivity index (χ3n) is 20.8. The van der Waals surface area contributed by atoms with E-state index in [2.05, 4.69) is 70.4 Å². The number of pyridine rings is 4. The zero-order chi connectivity index (χ0) is 90.1. The molecule has 6 aromatic carbocycles. The van der Waals surface area contributed by atoms with Crippen LogP contribution in [0.5, 0.6) is 5.75 Å². The first kappa shape index (κ1) is 84.8. The zero-order valence-electron chi connectivity index (χ0n) is 70.1. The average Bonchev–Trinajstić information content (AvgIpc) is 1.55. The number of furan rings is 4. The summed E-state index contributed by atoms with van der Waals surface area (Å²) in [7, 11) is 1.61. The molecule has 2 amide bonds. The van der Waals surface area contributed by atoms with Crippen molar-refractivity contribution in [2.45, 2.75) is 60.5 Å². The highest BCUT2D eigenvalue weighted by Gasteiger charge is 2.28. The second-order valence-corrected chi connectivity index (χ2v) is 29.8. The quantitative estimate of drug-likeness (QED) is 0.0493. The molecule has 0 saturated heterocycles. The first-order valence-electron chi connectivity index (χ1n) is 40.2. The monoisotopic (exact) mass is 1710 g/mol. The maximum Gasteiger partial charge on any atom is 0.274 e. The summed E-state index contributed by atoms with van der Waals surface area (Å²) in [6.07, 6.45) is 6.74. The molecule has 19 rings (SSSR count). The van der Waals surface area contributed by atoms with Crippen LogP contribution >= 0.6 is 0 Å². The second-order valence-electron chi connectivity index (χ2n) is 29.8. The number of nitrogens with zero attached hydrogens (tertiary/aromatic N) is 16. The molecule has 0 saturated carbocycles. The number of halogens is 2. The zero-order valence-corrected chi connectivity index (χ0v) is 70.1. The molecule has 0 bridgehead atoms. The number of nitrogens with one attached hydrogen (secondary N) is 2. The van der Waals surface area contributed by atoms with E-state index in [4.69, 9.17) is 45.3 Å². The van der Waals surface area contributed by atoms with Gasteiger partial charge >= 0.3 is 0 Å². The van der Waals surface area contributed by atoms with E-state index in [1.54, 1.807) is 80.3 Å². The first-order chi connectivity index (χ1) is 62.5. The van der Waals surface area contributed by atoms with Crippen LogP contribution in [0.25, 0.3) is 124 Å². The highest BCUT2D eigenvalue weighted by atomic mass is 19.1. The lowest BCUT2D eigenvalue weighted by atomic mass is 9.98. The number of nitrogen functional groups attached to an aromatic ring is 4. The largest absolute Gasteiger partial charge is 0.496 e. The summed E-state index contributed by atoms with van der Waals surface area (Å²) in [6.45, 7) is 10.0. The summed E-state index contributed by atoms with van der Waals surface area (Å²) >= 11 is 0. The fraction of sp³-hybridized carbons (Fsp3) is 0.112. The van der Waals surface area contributed by atoms with E-state index >= 15 is 0 Å². The van der Waals surface area contributed by atoms with Gasteiger partial charge in [0, 0.05) is 69.2 Å². The van der Waals surface area contributed by atoms with E-state index in [1.165, 1.54) is 24.3 Å². The van der Waals surface area contributed by atoms with Gasteiger partial charge in [0.1, 0.15) is 104 Å². The molecule has 0 aliphatic carbocycles.